The fourth-order valence-electron chi connectivity index (χ4n) is 1.78. The maximum absolute atomic E-state index is 8.54. The molecule has 1 N–H and O–H groups in total. The minimum absolute atomic E-state index is 0.296. The standard InChI is InChI=1S/C11H20N4S/c1-11(4-6-15(2)7-5-11)8-13-10(16-3)14-9-12/h4-8H2,1-3H3,(H,13,14). The molecular weight excluding hydrogens is 220 g/mol. The van der Waals surface area contributed by atoms with Crippen molar-refractivity contribution in [3.8, 4) is 6.19 Å². The number of likely N-dealkylation sites (tertiary alicyclic amines) is 1. The first-order chi connectivity index (χ1) is 7.59. The summed E-state index contributed by atoms with van der Waals surface area (Å²) in [6.07, 6.45) is 6.21. The van der Waals surface area contributed by atoms with Crippen molar-refractivity contribution in [2.24, 2.45) is 10.4 Å². The zero-order valence-corrected chi connectivity index (χ0v) is 11.1. The van der Waals surface area contributed by atoms with E-state index in [1.807, 2.05) is 12.4 Å². The SMILES string of the molecule is CSC(=NCC1(C)CCN(C)CC1)NC#N. The molecule has 5 heteroatoms. The van der Waals surface area contributed by atoms with E-state index >= 15 is 0 Å². The summed E-state index contributed by atoms with van der Waals surface area (Å²) >= 11 is 1.49. The van der Waals surface area contributed by atoms with Crippen LogP contribution in [0.25, 0.3) is 0 Å². The number of aliphatic imine (C=N–C) groups is 1. The Hall–Kier alpha value is -0.730. The zero-order valence-electron chi connectivity index (χ0n) is 10.3. The van der Waals surface area contributed by atoms with Crippen molar-refractivity contribution in [1.82, 2.24) is 10.2 Å². The van der Waals surface area contributed by atoms with Crippen molar-refractivity contribution in [1.29, 1.82) is 5.26 Å². The fraction of sp³-hybridized carbons (Fsp3) is 0.818. The van der Waals surface area contributed by atoms with Gasteiger partial charge in [0.2, 0.25) is 0 Å². The highest BCUT2D eigenvalue weighted by Gasteiger charge is 2.28. The lowest BCUT2D eigenvalue weighted by Gasteiger charge is -2.36. The number of amidine groups is 1. The van der Waals surface area contributed by atoms with Gasteiger partial charge in [-0.3, -0.25) is 10.3 Å². The molecular formula is C11H20N4S. The van der Waals surface area contributed by atoms with Crippen molar-refractivity contribution in [2.75, 3.05) is 32.9 Å². The Morgan fingerprint density at radius 2 is 2.19 bits per heavy atom. The molecule has 0 aromatic heterocycles. The summed E-state index contributed by atoms with van der Waals surface area (Å²) < 4.78 is 0. The Labute approximate surface area is 102 Å². The summed E-state index contributed by atoms with van der Waals surface area (Å²) in [5, 5.41) is 11.9. The minimum Gasteiger partial charge on any atom is -0.306 e. The van der Waals surface area contributed by atoms with E-state index in [0.29, 0.717) is 5.41 Å². The van der Waals surface area contributed by atoms with Crippen LogP contribution in [0, 0.1) is 16.9 Å². The topological polar surface area (TPSA) is 51.4 Å². The van der Waals surface area contributed by atoms with Gasteiger partial charge in [-0.05, 0) is 44.6 Å². The van der Waals surface area contributed by atoms with E-state index < -0.39 is 0 Å². The Bertz CT molecular complexity index is 287. The highest BCUT2D eigenvalue weighted by Crippen LogP contribution is 2.30. The second kappa shape index (κ2) is 6.12. The number of piperidine rings is 1. The molecule has 90 valence electrons. The molecule has 0 bridgehead atoms. The van der Waals surface area contributed by atoms with Gasteiger partial charge in [-0.1, -0.05) is 18.7 Å². The second-order valence-electron chi connectivity index (χ2n) is 4.68. The van der Waals surface area contributed by atoms with E-state index in [9.17, 15) is 0 Å². The predicted octanol–water partition coefficient (Wildman–Crippen LogP) is 1.51. The van der Waals surface area contributed by atoms with Crippen molar-refractivity contribution in [2.45, 2.75) is 19.8 Å². The molecule has 0 aromatic carbocycles. The molecule has 1 aliphatic heterocycles. The van der Waals surface area contributed by atoms with Crippen LogP contribution in [0.3, 0.4) is 0 Å². The number of nitriles is 1. The molecule has 0 spiro atoms. The van der Waals surface area contributed by atoms with Crippen molar-refractivity contribution in [3.63, 3.8) is 0 Å². The van der Waals surface area contributed by atoms with Gasteiger partial charge in [0.15, 0.2) is 11.4 Å². The number of rotatable bonds is 2. The largest absolute Gasteiger partial charge is 0.306 e. The van der Waals surface area contributed by atoms with Crippen LogP contribution in [0.4, 0.5) is 0 Å². The lowest BCUT2D eigenvalue weighted by Crippen LogP contribution is -2.38. The van der Waals surface area contributed by atoms with E-state index in [1.165, 1.54) is 24.6 Å². The van der Waals surface area contributed by atoms with Crippen molar-refractivity contribution in [3.05, 3.63) is 0 Å². The van der Waals surface area contributed by atoms with Crippen LogP contribution in [0.5, 0.6) is 0 Å². The number of hydrogen-bond donors (Lipinski definition) is 1. The van der Waals surface area contributed by atoms with Gasteiger partial charge in [0.1, 0.15) is 0 Å². The lowest BCUT2D eigenvalue weighted by molar-refractivity contribution is 0.147. The van der Waals surface area contributed by atoms with Crippen LogP contribution in [-0.2, 0) is 0 Å². The van der Waals surface area contributed by atoms with Gasteiger partial charge < -0.3 is 4.90 Å². The summed E-state index contributed by atoms with van der Waals surface area (Å²) in [5.74, 6) is 0. The quantitative estimate of drug-likeness (QED) is 0.344. The molecule has 4 nitrogen and oxygen atoms in total. The van der Waals surface area contributed by atoms with Crippen LogP contribution in [0.15, 0.2) is 4.99 Å². The highest BCUT2D eigenvalue weighted by atomic mass is 32.2. The average Bonchev–Trinajstić information content (AvgIpc) is 2.29. The summed E-state index contributed by atoms with van der Waals surface area (Å²) in [5.41, 5.74) is 0.296. The first-order valence-corrected chi connectivity index (χ1v) is 6.74. The van der Waals surface area contributed by atoms with Crippen LogP contribution >= 0.6 is 11.8 Å². The third-order valence-corrected chi connectivity index (χ3v) is 3.77. The van der Waals surface area contributed by atoms with Crippen LogP contribution < -0.4 is 5.32 Å². The average molecular weight is 240 g/mol. The van der Waals surface area contributed by atoms with Crippen LogP contribution in [-0.4, -0.2) is 43.0 Å². The molecule has 0 unspecified atom stereocenters. The molecule has 0 aromatic rings. The summed E-state index contributed by atoms with van der Waals surface area (Å²) in [7, 11) is 2.16. The molecule has 0 saturated carbocycles. The van der Waals surface area contributed by atoms with E-state index in [4.69, 9.17) is 5.26 Å². The smallest absolute Gasteiger partial charge is 0.183 e. The normalized spacial score (nSPS) is 21.5. The van der Waals surface area contributed by atoms with Gasteiger partial charge >= 0.3 is 0 Å². The molecule has 0 aliphatic carbocycles. The number of nitrogens with one attached hydrogen (secondary N) is 1. The summed E-state index contributed by atoms with van der Waals surface area (Å²) in [6.45, 7) is 5.39. The van der Waals surface area contributed by atoms with E-state index in [0.717, 1.165) is 24.8 Å². The Morgan fingerprint density at radius 3 is 2.69 bits per heavy atom. The Kier molecular flexibility index (Phi) is 5.10. The molecule has 0 atom stereocenters. The number of thioether (sulfide) groups is 1. The maximum atomic E-state index is 8.54. The molecule has 1 rings (SSSR count). The molecule has 16 heavy (non-hydrogen) atoms. The van der Waals surface area contributed by atoms with Gasteiger partial charge in [0.05, 0.1) is 0 Å². The van der Waals surface area contributed by atoms with Gasteiger partial charge in [-0.25, -0.2) is 0 Å². The minimum atomic E-state index is 0.296. The van der Waals surface area contributed by atoms with Crippen molar-refractivity contribution >= 4 is 16.9 Å². The van der Waals surface area contributed by atoms with Crippen LogP contribution in [0.2, 0.25) is 0 Å². The molecule has 0 amide bonds. The molecule has 1 fully saturated rings. The zero-order chi connectivity index (χ0) is 12.0. The first-order valence-electron chi connectivity index (χ1n) is 5.52. The van der Waals surface area contributed by atoms with Crippen molar-refractivity contribution < 1.29 is 0 Å². The van der Waals surface area contributed by atoms with E-state index in [2.05, 4.69) is 29.2 Å². The number of hydrogen-bond acceptors (Lipinski definition) is 4. The molecule has 1 saturated heterocycles. The fourth-order valence-corrected chi connectivity index (χ4v) is 2.12. The second-order valence-corrected chi connectivity index (χ2v) is 5.47. The Morgan fingerprint density at radius 1 is 1.56 bits per heavy atom. The predicted molar refractivity (Wildman–Crippen MR) is 69.4 cm³/mol. The van der Waals surface area contributed by atoms with Gasteiger partial charge in [0.25, 0.3) is 0 Å². The molecule has 1 aliphatic rings. The summed E-state index contributed by atoms with van der Waals surface area (Å²) in [4.78, 5) is 6.84. The van der Waals surface area contributed by atoms with Gasteiger partial charge in [0, 0.05) is 6.54 Å². The maximum Gasteiger partial charge on any atom is 0.183 e. The highest BCUT2D eigenvalue weighted by molar-refractivity contribution is 8.13. The molecule has 1 heterocycles. The third-order valence-electron chi connectivity index (χ3n) is 3.15. The van der Waals surface area contributed by atoms with Gasteiger partial charge in [-0.2, -0.15) is 5.26 Å². The van der Waals surface area contributed by atoms with Gasteiger partial charge in [-0.15, -0.1) is 0 Å². The Balaban J connectivity index is 2.49. The van der Waals surface area contributed by atoms with E-state index in [-0.39, 0.29) is 0 Å². The van der Waals surface area contributed by atoms with E-state index in [1.54, 1.807) is 0 Å². The lowest BCUT2D eigenvalue weighted by atomic mass is 9.81. The third kappa shape index (κ3) is 4.03. The summed E-state index contributed by atoms with van der Waals surface area (Å²) in [6, 6.07) is 0. The molecule has 0 radical (unpaired) electrons. The number of nitrogens with zero attached hydrogens (tertiary/aromatic N) is 3. The first kappa shape index (κ1) is 13.3. The van der Waals surface area contributed by atoms with Crippen LogP contribution in [0.1, 0.15) is 19.8 Å². The monoisotopic (exact) mass is 240 g/mol.